The molecule has 1 saturated carbocycles. The third kappa shape index (κ3) is 3.94. The molecule has 1 heterocycles. The molecule has 1 N–H and O–H groups in total. The first-order valence-electron chi connectivity index (χ1n) is 8.97. The topological polar surface area (TPSA) is 49.4 Å². The van der Waals surface area contributed by atoms with Crippen molar-refractivity contribution in [3.63, 3.8) is 0 Å². The summed E-state index contributed by atoms with van der Waals surface area (Å²) in [6.45, 7) is 1.43. The highest BCUT2D eigenvalue weighted by Crippen LogP contribution is 2.31. The standard InChI is InChI=1S/C19H25FN2O2/c20-15-7-4-6-14(12-15)13-18(23)22-11-3-1-2-10-21-19(24)16-8-5-9-17(16)22/h4,6-7,12,16-17H,1-3,5,8-11,13H2,(H,21,24). The van der Waals surface area contributed by atoms with Gasteiger partial charge in [0.1, 0.15) is 5.82 Å². The van der Waals surface area contributed by atoms with Crippen LogP contribution < -0.4 is 5.32 Å². The van der Waals surface area contributed by atoms with E-state index in [0.29, 0.717) is 12.1 Å². The van der Waals surface area contributed by atoms with E-state index in [9.17, 15) is 14.0 Å². The van der Waals surface area contributed by atoms with Gasteiger partial charge in [-0.1, -0.05) is 18.6 Å². The van der Waals surface area contributed by atoms with E-state index in [-0.39, 0.29) is 36.0 Å². The molecule has 4 nitrogen and oxygen atoms in total. The first-order chi connectivity index (χ1) is 11.6. The van der Waals surface area contributed by atoms with Gasteiger partial charge in [-0.15, -0.1) is 0 Å². The second kappa shape index (κ2) is 7.77. The molecule has 2 amide bonds. The maximum absolute atomic E-state index is 13.4. The van der Waals surface area contributed by atoms with Crippen molar-refractivity contribution in [2.45, 2.75) is 51.0 Å². The number of amides is 2. The van der Waals surface area contributed by atoms with Crippen LogP contribution in [0.2, 0.25) is 0 Å². The van der Waals surface area contributed by atoms with E-state index >= 15 is 0 Å². The number of nitrogens with one attached hydrogen (secondary N) is 1. The number of rotatable bonds is 2. The van der Waals surface area contributed by atoms with E-state index in [1.807, 2.05) is 4.90 Å². The predicted molar refractivity (Wildman–Crippen MR) is 89.8 cm³/mol. The van der Waals surface area contributed by atoms with Gasteiger partial charge in [0.15, 0.2) is 0 Å². The lowest BCUT2D eigenvalue weighted by atomic mass is 9.98. The Bertz CT molecular complexity index is 605. The third-order valence-electron chi connectivity index (χ3n) is 5.16. The molecule has 0 bridgehead atoms. The van der Waals surface area contributed by atoms with Gasteiger partial charge in [0.25, 0.3) is 0 Å². The Morgan fingerprint density at radius 2 is 2.08 bits per heavy atom. The zero-order valence-corrected chi connectivity index (χ0v) is 14.0. The average molecular weight is 332 g/mol. The van der Waals surface area contributed by atoms with E-state index in [0.717, 1.165) is 45.1 Å². The van der Waals surface area contributed by atoms with Crippen molar-refractivity contribution in [2.24, 2.45) is 5.92 Å². The predicted octanol–water partition coefficient (Wildman–Crippen LogP) is 2.67. The molecule has 0 spiro atoms. The van der Waals surface area contributed by atoms with Gasteiger partial charge in [-0.05, 0) is 49.8 Å². The summed E-state index contributed by atoms with van der Waals surface area (Å²) in [7, 11) is 0. The van der Waals surface area contributed by atoms with Crippen molar-refractivity contribution in [1.29, 1.82) is 0 Å². The highest BCUT2D eigenvalue weighted by Gasteiger charge is 2.38. The summed E-state index contributed by atoms with van der Waals surface area (Å²) in [5.41, 5.74) is 0.691. The van der Waals surface area contributed by atoms with E-state index in [1.165, 1.54) is 12.1 Å². The van der Waals surface area contributed by atoms with E-state index in [4.69, 9.17) is 0 Å². The van der Waals surface area contributed by atoms with Gasteiger partial charge < -0.3 is 10.2 Å². The van der Waals surface area contributed by atoms with Crippen LogP contribution >= 0.6 is 0 Å². The van der Waals surface area contributed by atoms with E-state index < -0.39 is 0 Å². The minimum atomic E-state index is -0.320. The van der Waals surface area contributed by atoms with Crippen LogP contribution in [0.5, 0.6) is 0 Å². The Morgan fingerprint density at radius 1 is 1.21 bits per heavy atom. The average Bonchev–Trinajstić information content (AvgIpc) is 3.03. The lowest BCUT2D eigenvalue weighted by molar-refractivity contribution is -0.136. The van der Waals surface area contributed by atoms with Crippen LogP contribution in [-0.4, -0.2) is 35.8 Å². The molecule has 2 fully saturated rings. The fraction of sp³-hybridized carbons (Fsp3) is 0.579. The summed E-state index contributed by atoms with van der Waals surface area (Å²) in [4.78, 5) is 27.1. The number of carbonyl (C=O) groups excluding carboxylic acids is 2. The second-order valence-corrected chi connectivity index (χ2v) is 6.85. The Morgan fingerprint density at radius 3 is 2.92 bits per heavy atom. The van der Waals surface area contributed by atoms with Crippen LogP contribution in [0, 0.1) is 11.7 Å². The van der Waals surface area contributed by atoms with Gasteiger partial charge in [-0.2, -0.15) is 0 Å². The van der Waals surface area contributed by atoms with Crippen molar-refractivity contribution < 1.29 is 14.0 Å². The summed E-state index contributed by atoms with van der Waals surface area (Å²) in [6, 6.07) is 6.20. The molecular weight excluding hydrogens is 307 g/mol. The Kier molecular flexibility index (Phi) is 5.48. The molecule has 1 aliphatic heterocycles. The molecule has 1 aliphatic carbocycles. The summed E-state index contributed by atoms with van der Waals surface area (Å²) < 4.78 is 13.4. The van der Waals surface area contributed by atoms with Crippen molar-refractivity contribution in [2.75, 3.05) is 13.1 Å². The van der Waals surface area contributed by atoms with Crippen LogP contribution in [0.3, 0.4) is 0 Å². The van der Waals surface area contributed by atoms with E-state index in [2.05, 4.69) is 5.32 Å². The Labute approximate surface area is 142 Å². The van der Waals surface area contributed by atoms with Gasteiger partial charge in [0, 0.05) is 19.1 Å². The molecule has 24 heavy (non-hydrogen) atoms. The maximum atomic E-state index is 13.4. The number of benzene rings is 1. The fourth-order valence-electron chi connectivity index (χ4n) is 3.94. The van der Waals surface area contributed by atoms with Gasteiger partial charge in [0.2, 0.25) is 11.8 Å². The molecule has 3 rings (SSSR count). The number of hydrogen-bond acceptors (Lipinski definition) is 2. The summed E-state index contributed by atoms with van der Waals surface area (Å²) in [6.07, 6.45) is 5.81. The highest BCUT2D eigenvalue weighted by atomic mass is 19.1. The number of hydrogen-bond donors (Lipinski definition) is 1. The summed E-state index contributed by atoms with van der Waals surface area (Å²) in [5, 5.41) is 3.01. The van der Waals surface area contributed by atoms with Crippen molar-refractivity contribution in [3.05, 3.63) is 35.6 Å². The zero-order valence-electron chi connectivity index (χ0n) is 14.0. The van der Waals surface area contributed by atoms with Crippen LogP contribution in [0.15, 0.2) is 24.3 Å². The summed E-state index contributed by atoms with van der Waals surface area (Å²) in [5.74, 6) is -0.326. The number of fused-ring (bicyclic) bond motifs is 1. The molecular formula is C19H25FN2O2. The maximum Gasteiger partial charge on any atom is 0.227 e. The Hall–Kier alpha value is -1.91. The van der Waals surface area contributed by atoms with Gasteiger partial charge in [-0.3, -0.25) is 9.59 Å². The molecule has 0 aromatic heterocycles. The van der Waals surface area contributed by atoms with Crippen LogP contribution in [0.4, 0.5) is 4.39 Å². The fourth-order valence-corrected chi connectivity index (χ4v) is 3.94. The van der Waals surface area contributed by atoms with Gasteiger partial charge in [-0.25, -0.2) is 4.39 Å². The molecule has 130 valence electrons. The smallest absolute Gasteiger partial charge is 0.227 e. The van der Waals surface area contributed by atoms with Gasteiger partial charge >= 0.3 is 0 Å². The number of halogens is 1. The number of carbonyl (C=O) groups is 2. The van der Waals surface area contributed by atoms with Crippen molar-refractivity contribution in [3.8, 4) is 0 Å². The van der Waals surface area contributed by atoms with Crippen LogP contribution in [0.1, 0.15) is 44.1 Å². The molecule has 1 aromatic rings. The Balaban J connectivity index is 1.76. The van der Waals surface area contributed by atoms with Crippen molar-refractivity contribution >= 4 is 11.8 Å². The molecule has 0 radical (unpaired) electrons. The summed E-state index contributed by atoms with van der Waals surface area (Å²) >= 11 is 0. The van der Waals surface area contributed by atoms with Crippen LogP contribution in [0.25, 0.3) is 0 Å². The van der Waals surface area contributed by atoms with Gasteiger partial charge in [0.05, 0.1) is 12.3 Å². The largest absolute Gasteiger partial charge is 0.356 e. The second-order valence-electron chi connectivity index (χ2n) is 6.85. The van der Waals surface area contributed by atoms with Crippen molar-refractivity contribution in [1.82, 2.24) is 10.2 Å². The first-order valence-corrected chi connectivity index (χ1v) is 8.97. The van der Waals surface area contributed by atoms with Crippen LogP contribution in [-0.2, 0) is 16.0 Å². The molecule has 1 aromatic carbocycles. The lowest BCUT2D eigenvalue weighted by Gasteiger charge is -2.34. The third-order valence-corrected chi connectivity index (χ3v) is 5.16. The molecule has 2 aliphatic rings. The number of nitrogens with zero attached hydrogens (tertiary/aromatic N) is 1. The minimum Gasteiger partial charge on any atom is -0.356 e. The lowest BCUT2D eigenvalue weighted by Crippen LogP contribution is -2.48. The highest BCUT2D eigenvalue weighted by molar-refractivity contribution is 5.83. The molecule has 1 saturated heterocycles. The normalized spacial score (nSPS) is 25.0. The minimum absolute atomic E-state index is 0.00544. The molecule has 2 atom stereocenters. The molecule has 5 heteroatoms. The van der Waals surface area contributed by atoms with E-state index in [1.54, 1.807) is 12.1 Å². The molecule has 2 unspecified atom stereocenters. The monoisotopic (exact) mass is 332 g/mol. The quantitative estimate of drug-likeness (QED) is 0.905. The zero-order chi connectivity index (χ0) is 16.9. The SMILES string of the molecule is O=C1NCCCCCN(C(=O)Cc2cccc(F)c2)C2CCCC12. The first kappa shape index (κ1) is 16.9.